The summed E-state index contributed by atoms with van der Waals surface area (Å²) in [6, 6.07) is 11.9. The second-order valence-electron chi connectivity index (χ2n) is 4.14. The Morgan fingerprint density at radius 1 is 1.44 bits per heavy atom. The van der Waals surface area contributed by atoms with Gasteiger partial charge in [-0.3, -0.25) is 0 Å². The van der Waals surface area contributed by atoms with Gasteiger partial charge in [0.2, 0.25) is 0 Å². The number of rotatable bonds is 4. The van der Waals surface area contributed by atoms with E-state index in [2.05, 4.69) is 34.2 Å². The SMILES string of the molecule is CC(Cc1ccco1)Nc1ccc(C#N)c(Br)c1. The van der Waals surface area contributed by atoms with Crippen LogP contribution < -0.4 is 5.32 Å². The smallest absolute Gasteiger partial charge is 0.105 e. The molecule has 0 fully saturated rings. The maximum atomic E-state index is 8.85. The van der Waals surface area contributed by atoms with Crippen molar-refractivity contribution in [1.29, 1.82) is 5.26 Å². The van der Waals surface area contributed by atoms with E-state index < -0.39 is 0 Å². The number of halogens is 1. The Morgan fingerprint density at radius 2 is 2.28 bits per heavy atom. The zero-order valence-corrected chi connectivity index (χ0v) is 11.6. The lowest BCUT2D eigenvalue weighted by atomic mass is 10.1. The first kappa shape index (κ1) is 12.7. The normalized spacial score (nSPS) is 11.8. The van der Waals surface area contributed by atoms with Crippen LogP contribution in [0.25, 0.3) is 0 Å². The topological polar surface area (TPSA) is 49.0 Å². The van der Waals surface area contributed by atoms with E-state index in [-0.39, 0.29) is 6.04 Å². The number of nitrogens with one attached hydrogen (secondary N) is 1. The summed E-state index contributed by atoms with van der Waals surface area (Å²) in [5.41, 5.74) is 1.62. The van der Waals surface area contributed by atoms with Gasteiger partial charge in [-0.25, -0.2) is 0 Å². The predicted molar refractivity (Wildman–Crippen MR) is 74.4 cm³/mol. The molecule has 0 bridgehead atoms. The maximum Gasteiger partial charge on any atom is 0.105 e. The number of anilines is 1. The van der Waals surface area contributed by atoms with Crippen molar-refractivity contribution >= 4 is 21.6 Å². The number of nitriles is 1. The first-order valence-electron chi connectivity index (χ1n) is 5.67. The Balaban J connectivity index is 2.01. The Morgan fingerprint density at radius 3 is 2.89 bits per heavy atom. The first-order valence-corrected chi connectivity index (χ1v) is 6.47. The molecule has 1 heterocycles. The molecule has 0 saturated carbocycles. The summed E-state index contributed by atoms with van der Waals surface area (Å²) in [7, 11) is 0. The molecule has 92 valence electrons. The zero-order valence-electron chi connectivity index (χ0n) is 9.98. The van der Waals surface area contributed by atoms with Crippen molar-refractivity contribution in [2.24, 2.45) is 0 Å². The van der Waals surface area contributed by atoms with Gasteiger partial charge in [0, 0.05) is 22.6 Å². The average molecular weight is 305 g/mol. The number of furan rings is 1. The molecule has 18 heavy (non-hydrogen) atoms. The lowest BCUT2D eigenvalue weighted by Gasteiger charge is -2.14. The van der Waals surface area contributed by atoms with Crippen molar-refractivity contribution < 1.29 is 4.42 Å². The Labute approximate surface area is 115 Å². The maximum absolute atomic E-state index is 8.85. The highest BCUT2D eigenvalue weighted by molar-refractivity contribution is 9.10. The fourth-order valence-electron chi connectivity index (χ4n) is 1.76. The van der Waals surface area contributed by atoms with Gasteiger partial charge in [-0.2, -0.15) is 5.26 Å². The standard InChI is InChI=1S/C14H13BrN2O/c1-10(7-13-3-2-6-18-13)17-12-5-4-11(9-16)14(15)8-12/h2-6,8,10,17H,7H2,1H3. The molecule has 0 amide bonds. The van der Waals surface area contributed by atoms with Crippen molar-refractivity contribution in [3.05, 3.63) is 52.4 Å². The molecule has 4 heteroatoms. The number of hydrogen-bond acceptors (Lipinski definition) is 3. The number of nitrogens with zero attached hydrogens (tertiary/aromatic N) is 1. The van der Waals surface area contributed by atoms with Crippen LogP contribution in [0.2, 0.25) is 0 Å². The number of benzene rings is 1. The van der Waals surface area contributed by atoms with Gasteiger partial charge in [-0.05, 0) is 53.2 Å². The van der Waals surface area contributed by atoms with Crippen molar-refractivity contribution in [2.75, 3.05) is 5.32 Å². The second kappa shape index (κ2) is 5.74. The van der Waals surface area contributed by atoms with Crippen molar-refractivity contribution in [3.8, 4) is 6.07 Å². The van der Waals surface area contributed by atoms with Crippen LogP contribution in [0.3, 0.4) is 0 Å². The molecule has 2 aromatic rings. The number of hydrogen-bond donors (Lipinski definition) is 1. The van der Waals surface area contributed by atoms with Gasteiger partial charge in [0.1, 0.15) is 11.8 Å². The van der Waals surface area contributed by atoms with Gasteiger partial charge in [0.05, 0.1) is 11.8 Å². The van der Waals surface area contributed by atoms with Gasteiger partial charge in [-0.15, -0.1) is 0 Å². The minimum absolute atomic E-state index is 0.260. The van der Waals surface area contributed by atoms with Gasteiger partial charge >= 0.3 is 0 Å². The first-order chi connectivity index (χ1) is 8.69. The highest BCUT2D eigenvalue weighted by Gasteiger charge is 2.07. The molecule has 0 aliphatic heterocycles. The molecule has 1 aromatic heterocycles. The molecule has 1 aromatic carbocycles. The summed E-state index contributed by atoms with van der Waals surface area (Å²) >= 11 is 3.38. The van der Waals surface area contributed by atoms with Crippen LogP contribution in [-0.4, -0.2) is 6.04 Å². The quantitative estimate of drug-likeness (QED) is 0.930. The van der Waals surface area contributed by atoms with Crippen LogP contribution in [0.4, 0.5) is 5.69 Å². The van der Waals surface area contributed by atoms with Gasteiger partial charge in [0.15, 0.2) is 0 Å². The van der Waals surface area contributed by atoms with E-state index >= 15 is 0 Å². The van der Waals surface area contributed by atoms with Crippen LogP contribution in [0.1, 0.15) is 18.2 Å². The molecule has 1 N–H and O–H groups in total. The summed E-state index contributed by atoms with van der Waals surface area (Å²) < 4.78 is 6.12. The second-order valence-corrected chi connectivity index (χ2v) is 4.99. The molecule has 0 spiro atoms. The van der Waals surface area contributed by atoms with Gasteiger partial charge in [-0.1, -0.05) is 0 Å². The van der Waals surface area contributed by atoms with Crippen molar-refractivity contribution in [1.82, 2.24) is 0 Å². The van der Waals surface area contributed by atoms with Crippen molar-refractivity contribution in [3.63, 3.8) is 0 Å². The van der Waals surface area contributed by atoms with Crippen molar-refractivity contribution in [2.45, 2.75) is 19.4 Å². The van der Waals surface area contributed by atoms with E-state index in [1.165, 1.54) is 0 Å². The van der Waals surface area contributed by atoms with E-state index in [1.54, 1.807) is 12.3 Å². The van der Waals surface area contributed by atoms with Crippen LogP contribution >= 0.6 is 15.9 Å². The molecule has 1 unspecified atom stereocenters. The molecule has 3 nitrogen and oxygen atoms in total. The Hall–Kier alpha value is -1.73. The monoisotopic (exact) mass is 304 g/mol. The fraction of sp³-hybridized carbons (Fsp3) is 0.214. The summed E-state index contributed by atoms with van der Waals surface area (Å²) in [6.07, 6.45) is 2.50. The van der Waals surface area contributed by atoms with Crippen LogP contribution in [0.5, 0.6) is 0 Å². The molecule has 0 saturated heterocycles. The lowest BCUT2D eigenvalue weighted by molar-refractivity contribution is 0.498. The zero-order chi connectivity index (χ0) is 13.0. The summed E-state index contributed by atoms with van der Waals surface area (Å²) in [5.74, 6) is 0.961. The summed E-state index contributed by atoms with van der Waals surface area (Å²) in [5, 5.41) is 12.2. The lowest BCUT2D eigenvalue weighted by Crippen LogP contribution is -2.17. The third-order valence-corrected chi connectivity index (χ3v) is 3.25. The molecule has 1 atom stereocenters. The molecule has 0 aliphatic carbocycles. The summed E-state index contributed by atoms with van der Waals surface area (Å²) in [4.78, 5) is 0. The Kier molecular flexibility index (Phi) is 4.06. The van der Waals surface area contributed by atoms with E-state index in [1.807, 2.05) is 24.3 Å². The van der Waals surface area contributed by atoms with Gasteiger partial charge < -0.3 is 9.73 Å². The fourth-order valence-corrected chi connectivity index (χ4v) is 2.23. The van der Waals surface area contributed by atoms with E-state index in [0.717, 1.165) is 22.3 Å². The van der Waals surface area contributed by atoms with E-state index in [0.29, 0.717) is 5.56 Å². The molecular formula is C14H13BrN2O. The molecule has 2 rings (SSSR count). The van der Waals surface area contributed by atoms with Crippen LogP contribution in [-0.2, 0) is 6.42 Å². The largest absolute Gasteiger partial charge is 0.469 e. The minimum Gasteiger partial charge on any atom is -0.469 e. The third kappa shape index (κ3) is 3.14. The molecular weight excluding hydrogens is 292 g/mol. The van der Waals surface area contributed by atoms with Crippen LogP contribution in [0, 0.1) is 11.3 Å². The van der Waals surface area contributed by atoms with Crippen LogP contribution in [0.15, 0.2) is 45.5 Å². The van der Waals surface area contributed by atoms with E-state index in [4.69, 9.17) is 9.68 Å². The highest BCUT2D eigenvalue weighted by atomic mass is 79.9. The third-order valence-electron chi connectivity index (χ3n) is 2.59. The van der Waals surface area contributed by atoms with E-state index in [9.17, 15) is 0 Å². The van der Waals surface area contributed by atoms with Gasteiger partial charge in [0.25, 0.3) is 0 Å². The average Bonchev–Trinajstić information content (AvgIpc) is 2.82. The highest BCUT2D eigenvalue weighted by Crippen LogP contribution is 2.21. The predicted octanol–water partition coefficient (Wildman–Crippen LogP) is 3.96. The molecule has 0 radical (unpaired) electrons. The summed E-state index contributed by atoms with van der Waals surface area (Å²) in [6.45, 7) is 2.09. The molecule has 0 aliphatic rings. The Bertz CT molecular complexity index is 558. The minimum atomic E-state index is 0.260.